The third-order valence-electron chi connectivity index (χ3n) is 4.25. The molecule has 0 bridgehead atoms. The highest BCUT2D eigenvalue weighted by molar-refractivity contribution is 14.0. The lowest BCUT2D eigenvalue weighted by molar-refractivity contribution is -0.140. The molecule has 2 rings (SSSR count). The number of nitrogens with zero attached hydrogens (tertiary/aromatic N) is 2. The van der Waals surface area contributed by atoms with Gasteiger partial charge in [0.25, 0.3) is 0 Å². The number of aromatic nitrogens is 1. The molecule has 0 radical (unpaired) electrons. The minimum atomic E-state index is -4.38. The Morgan fingerprint density at radius 2 is 1.89 bits per heavy atom. The molecule has 0 atom stereocenters. The van der Waals surface area contributed by atoms with Gasteiger partial charge < -0.3 is 15.4 Å². The summed E-state index contributed by atoms with van der Waals surface area (Å²) in [7, 11) is 1.66. The van der Waals surface area contributed by atoms with Gasteiger partial charge in [-0.15, -0.1) is 35.3 Å². The molecule has 2 N–H and O–H groups in total. The summed E-state index contributed by atoms with van der Waals surface area (Å²) in [6.07, 6.45) is 3.78. The van der Waals surface area contributed by atoms with Gasteiger partial charge in [-0.25, -0.2) is 4.98 Å². The highest BCUT2D eigenvalue weighted by Gasteiger charge is 2.33. The van der Waals surface area contributed by atoms with E-state index in [0.29, 0.717) is 43.2 Å². The molecular formula is C17H28F3IN4OS. The number of ether oxygens (including phenoxy) is 1. The minimum Gasteiger partial charge on any atom is -0.376 e. The Labute approximate surface area is 179 Å². The maximum atomic E-state index is 12.5. The molecule has 0 aromatic carbocycles. The second kappa shape index (κ2) is 12.8. The summed E-state index contributed by atoms with van der Waals surface area (Å²) in [5, 5.41) is 7.74. The van der Waals surface area contributed by atoms with Crippen LogP contribution in [0.1, 0.15) is 49.2 Å². The van der Waals surface area contributed by atoms with Gasteiger partial charge in [-0.3, -0.25) is 4.99 Å². The predicted molar refractivity (Wildman–Crippen MR) is 113 cm³/mol. The first-order chi connectivity index (χ1) is 12.5. The molecule has 1 aromatic rings. The van der Waals surface area contributed by atoms with Crippen molar-refractivity contribution in [2.45, 2.75) is 57.2 Å². The van der Waals surface area contributed by atoms with E-state index < -0.39 is 11.9 Å². The van der Waals surface area contributed by atoms with Crippen LogP contribution in [0.4, 0.5) is 13.2 Å². The molecule has 1 fully saturated rings. The summed E-state index contributed by atoms with van der Waals surface area (Å²) in [4.78, 5) is 7.72. The fraction of sp³-hybridized carbons (Fsp3) is 0.765. The van der Waals surface area contributed by atoms with Crippen LogP contribution >= 0.6 is 35.3 Å². The van der Waals surface area contributed by atoms with Crippen molar-refractivity contribution in [1.82, 2.24) is 15.6 Å². The summed E-state index contributed by atoms with van der Waals surface area (Å²) in [6, 6.07) is 0. The lowest BCUT2D eigenvalue weighted by Gasteiger charge is -2.16. The van der Waals surface area contributed by atoms with E-state index in [1.165, 1.54) is 25.7 Å². The molecule has 27 heavy (non-hydrogen) atoms. The van der Waals surface area contributed by atoms with Crippen molar-refractivity contribution in [3.05, 3.63) is 16.1 Å². The van der Waals surface area contributed by atoms with E-state index in [-0.39, 0.29) is 24.0 Å². The van der Waals surface area contributed by atoms with Crippen LogP contribution in [0.25, 0.3) is 0 Å². The molecule has 5 nitrogen and oxygen atoms in total. The zero-order chi connectivity index (χ0) is 18.8. The number of aliphatic imine (C=N–C) groups is 1. The molecule has 0 unspecified atom stereocenters. The zero-order valence-corrected chi connectivity index (χ0v) is 18.6. The Kier molecular flexibility index (Phi) is 11.5. The molecule has 1 aliphatic rings. The second-order valence-corrected chi connectivity index (χ2v) is 7.23. The van der Waals surface area contributed by atoms with Crippen molar-refractivity contribution in [3.8, 4) is 0 Å². The van der Waals surface area contributed by atoms with Gasteiger partial charge in [0.15, 0.2) is 11.7 Å². The molecule has 1 aliphatic carbocycles. The molecule has 0 saturated heterocycles. The fourth-order valence-corrected chi connectivity index (χ4v) is 3.67. The Balaban J connectivity index is 0.00000364. The summed E-state index contributed by atoms with van der Waals surface area (Å²) in [6.45, 7) is 1.73. The van der Waals surface area contributed by atoms with E-state index in [0.717, 1.165) is 29.6 Å². The van der Waals surface area contributed by atoms with Gasteiger partial charge in [-0.2, -0.15) is 13.2 Å². The number of guanidine groups is 1. The smallest absolute Gasteiger partial charge is 0.376 e. The summed E-state index contributed by atoms with van der Waals surface area (Å²) in [5.74, 6) is 0.613. The molecule has 1 aromatic heterocycles. The molecular weight excluding hydrogens is 492 g/mol. The number of rotatable bonds is 7. The standard InChI is InChI=1S/C17H27F3N4OS.HI/c1-21-16(23-10-11-25-13-6-4-2-3-5-7-13)22-9-8-15-24-14(12-26-15)17(18,19)20;/h12-13H,2-11H2,1H3,(H2,21,22,23);1H. The van der Waals surface area contributed by atoms with Crippen LogP contribution in [0.2, 0.25) is 0 Å². The molecule has 1 heterocycles. The Hall–Kier alpha value is -0.620. The topological polar surface area (TPSA) is 58.5 Å². The number of nitrogens with one attached hydrogen (secondary N) is 2. The van der Waals surface area contributed by atoms with E-state index in [2.05, 4.69) is 20.6 Å². The molecule has 156 valence electrons. The first-order valence-corrected chi connectivity index (χ1v) is 9.94. The van der Waals surface area contributed by atoms with E-state index in [4.69, 9.17) is 4.74 Å². The quantitative estimate of drug-likeness (QED) is 0.186. The average molecular weight is 520 g/mol. The van der Waals surface area contributed by atoms with Crippen molar-refractivity contribution in [2.24, 2.45) is 4.99 Å². The van der Waals surface area contributed by atoms with E-state index in [1.54, 1.807) is 7.05 Å². The van der Waals surface area contributed by atoms with Crippen LogP contribution in [-0.4, -0.2) is 43.8 Å². The van der Waals surface area contributed by atoms with Crippen LogP contribution in [0, 0.1) is 0 Å². The van der Waals surface area contributed by atoms with E-state index >= 15 is 0 Å². The van der Waals surface area contributed by atoms with Crippen molar-refractivity contribution in [3.63, 3.8) is 0 Å². The van der Waals surface area contributed by atoms with Gasteiger partial charge in [-0.1, -0.05) is 25.7 Å². The van der Waals surface area contributed by atoms with Crippen LogP contribution in [0.5, 0.6) is 0 Å². The molecule has 1 saturated carbocycles. The molecule has 0 spiro atoms. The molecule has 10 heteroatoms. The third kappa shape index (κ3) is 9.42. The van der Waals surface area contributed by atoms with Gasteiger partial charge in [0.1, 0.15) is 0 Å². The summed E-state index contributed by atoms with van der Waals surface area (Å²) >= 11 is 1.02. The van der Waals surface area contributed by atoms with Crippen molar-refractivity contribution < 1.29 is 17.9 Å². The third-order valence-corrected chi connectivity index (χ3v) is 5.16. The highest BCUT2D eigenvalue weighted by Crippen LogP contribution is 2.30. The van der Waals surface area contributed by atoms with Crippen LogP contribution in [0.15, 0.2) is 10.4 Å². The second-order valence-electron chi connectivity index (χ2n) is 6.28. The first-order valence-electron chi connectivity index (χ1n) is 9.07. The Bertz CT molecular complexity index is 561. The highest BCUT2D eigenvalue weighted by atomic mass is 127. The van der Waals surface area contributed by atoms with Crippen LogP contribution < -0.4 is 10.6 Å². The van der Waals surface area contributed by atoms with Crippen molar-refractivity contribution in [2.75, 3.05) is 26.7 Å². The van der Waals surface area contributed by atoms with Crippen molar-refractivity contribution in [1.29, 1.82) is 0 Å². The van der Waals surface area contributed by atoms with E-state index in [9.17, 15) is 13.2 Å². The van der Waals surface area contributed by atoms with Gasteiger partial charge in [-0.05, 0) is 12.8 Å². The van der Waals surface area contributed by atoms with Crippen LogP contribution in [-0.2, 0) is 17.3 Å². The van der Waals surface area contributed by atoms with Gasteiger partial charge in [0, 0.05) is 31.9 Å². The maximum absolute atomic E-state index is 12.5. The summed E-state index contributed by atoms with van der Waals surface area (Å²) < 4.78 is 43.5. The molecule has 0 amide bonds. The normalized spacial score (nSPS) is 16.5. The minimum absolute atomic E-state index is 0. The van der Waals surface area contributed by atoms with Gasteiger partial charge in [0.05, 0.1) is 17.7 Å². The fourth-order valence-electron chi connectivity index (χ4n) is 2.87. The summed E-state index contributed by atoms with van der Waals surface area (Å²) in [5.41, 5.74) is -0.823. The number of thiazole rings is 1. The lowest BCUT2D eigenvalue weighted by atomic mass is 10.1. The predicted octanol–water partition coefficient (Wildman–Crippen LogP) is 4.23. The Morgan fingerprint density at radius 1 is 1.22 bits per heavy atom. The van der Waals surface area contributed by atoms with Gasteiger partial charge in [0.2, 0.25) is 0 Å². The zero-order valence-electron chi connectivity index (χ0n) is 15.5. The average Bonchev–Trinajstić information content (AvgIpc) is 2.94. The monoisotopic (exact) mass is 520 g/mol. The first kappa shape index (κ1) is 24.4. The number of hydrogen-bond donors (Lipinski definition) is 2. The van der Waals surface area contributed by atoms with Crippen molar-refractivity contribution >= 4 is 41.3 Å². The number of alkyl halides is 3. The van der Waals surface area contributed by atoms with Gasteiger partial charge >= 0.3 is 6.18 Å². The lowest BCUT2D eigenvalue weighted by Crippen LogP contribution is -2.40. The number of hydrogen-bond acceptors (Lipinski definition) is 4. The SMILES string of the molecule is CN=C(NCCOC1CCCCCC1)NCCc1nc(C(F)(F)F)cs1.I. The number of halogens is 4. The molecule has 0 aliphatic heterocycles. The van der Waals surface area contributed by atoms with E-state index in [1.807, 2.05) is 0 Å². The largest absolute Gasteiger partial charge is 0.434 e. The Morgan fingerprint density at radius 3 is 2.48 bits per heavy atom. The maximum Gasteiger partial charge on any atom is 0.434 e. The van der Waals surface area contributed by atoms with Crippen LogP contribution in [0.3, 0.4) is 0 Å².